The van der Waals surface area contributed by atoms with Gasteiger partial charge in [-0.15, -0.1) is 5.10 Å². The van der Waals surface area contributed by atoms with Gasteiger partial charge in [0.15, 0.2) is 0 Å². The Morgan fingerprint density at radius 1 is 1.15 bits per heavy atom. The first-order chi connectivity index (χ1) is 12.6. The zero-order valence-corrected chi connectivity index (χ0v) is 14.8. The molecule has 2 amide bonds. The summed E-state index contributed by atoms with van der Waals surface area (Å²) in [4.78, 5) is 24.7. The summed E-state index contributed by atoms with van der Waals surface area (Å²) in [6.07, 6.45) is 0.655. The first kappa shape index (κ1) is 17.6. The highest BCUT2D eigenvalue weighted by atomic mass is 16.2. The van der Waals surface area contributed by atoms with Gasteiger partial charge in [-0.25, -0.2) is 9.48 Å². The highest BCUT2D eigenvalue weighted by Crippen LogP contribution is 2.09. The Kier molecular flexibility index (Phi) is 5.26. The van der Waals surface area contributed by atoms with E-state index in [0.29, 0.717) is 23.0 Å². The topological polar surface area (TPSA) is 88.9 Å². The van der Waals surface area contributed by atoms with Crippen molar-refractivity contribution in [2.75, 3.05) is 5.32 Å². The van der Waals surface area contributed by atoms with E-state index in [2.05, 4.69) is 20.9 Å². The lowest BCUT2D eigenvalue weighted by Crippen LogP contribution is -2.42. The molecule has 7 heteroatoms. The van der Waals surface area contributed by atoms with Gasteiger partial charge in [-0.1, -0.05) is 42.0 Å². The molecule has 1 aromatic heterocycles. The summed E-state index contributed by atoms with van der Waals surface area (Å²) in [5.74, 6) is 0. The number of rotatable bonds is 5. The fourth-order valence-electron chi connectivity index (χ4n) is 2.62. The Bertz CT molecular complexity index is 966. The minimum Gasteiger partial charge on any atom is -0.333 e. The van der Waals surface area contributed by atoms with Crippen LogP contribution in [0.15, 0.2) is 53.3 Å². The maximum absolute atomic E-state index is 12.5. The molecular weight excluding hydrogens is 330 g/mol. The Hall–Kier alpha value is -3.22. The van der Waals surface area contributed by atoms with Crippen LogP contribution in [0.3, 0.4) is 0 Å². The molecule has 0 radical (unpaired) electrons. The quantitative estimate of drug-likeness (QED) is 0.740. The number of urea groups is 1. The van der Waals surface area contributed by atoms with Gasteiger partial charge in [0.25, 0.3) is 5.56 Å². The van der Waals surface area contributed by atoms with Crippen LogP contribution in [0.4, 0.5) is 10.5 Å². The lowest BCUT2D eigenvalue weighted by molar-refractivity contribution is 0.245. The molecule has 7 nitrogen and oxygen atoms in total. The summed E-state index contributed by atoms with van der Waals surface area (Å²) >= 11 is 0. The van der Waals surface area contributed by atoms with E-state index in [0.717, 1.165) is 5.56 Å². The third-order valence-electron chi connectivity index (χ3n) is 4.16. The number of carbonyl (C=O) groups is 1. The van der Waals surface area contributed by atoms with Crippen molar-refractivity contribution in [1.29, 1.82) is 0 Å². The first-order valence-electron chi connectivity index (χ1n) is 8.53. The number of carbonyl (C=O) groups excluding carboxylic acids is 1. The molecule has 2 aromatic carbocycles. The van der Waals surface area contributed by atoms with E-state index < -0.39 is 0 Å². The number of benzene rings is 2. The summed E-state index contributed by atoms with van der Waals surface area (Å²) < 4.78 is 1.29. The third-order valence-corrected chi connectivity index (χ3v) is 4.16. The molecule has 0 bridgehead atoms. The maximum atomic E-state index is 12.5. The van der Waals surface area contributed by atoms with Gasteiger partial charge in [-0.05, 0) is 37.6 Å². The van der Waals surface area contributed by atoms with Gasteiger partial charge in [0.1, 0.15) is 5.52 Å². The first-order valence-corrected chi connectivity index (χ1v) is 8.53. The van der Waals surface area contributed by atoms with Crippen molar-refractivity contribution < 1.29 is 4.79 Å². The Morgan fingerprint density at radius 3 is 2.62 bits per heavy atom. The van der Waals surface area contributed by atoms with Crippen LogP contribution >= 0.6 is 0 Å². The van der Waals surface area contributed by atoms with Gasteiger partial charge >= 0.3 is 6.03 Å². The molecule has 1 heterocycles. The van der Waals surface area contributed by atoms with E-state index in [1.165, 1.54) is 4.68 Å². The Morgan fingerprint density at radius 2 is 1.88 bits per heavy atom. The smallest absolute Gasteiger partial charge is 0.319 e. The van der Waals surface area contributed by atoms with Crippen LogP contribution in [0.5, 0.6) is 0 Å². The summed E-state index contributed by atoms with van der Waals surface area (Å²) in [7, 11) is 0. The molecule has 3 rings (SSSR count). The molecule has 0 unspecified atom stereocenters. The predicted molar refractivity (Wildman–Crippen MR) is 101 cm³/mol. The van der Waals surface area contributed by atoms with Crippen LogP contribution in [-0.2, 0) is 6.54 Å². The molecule has 0 saturated carbocycles. The maximum Gasteiger partial charge on any atom is 0.319 e. The lowest BCUT2D eigenvalue weighted by Gasteiger charge is -2.18. The minimum atomic E-state index is -0.317. The second kappa shape index (κ2) is 7.77. The molecule has 0 aliphatic rings. The second-order valence-electron chi connectivity index (χ2n) is 6.16. The number of hydrogen-bond acceptors (Lipinski definition) is 4. The Balaban J connectivity index is 1.69. The van der Waals surface area contributed by atoms with Crippen molar-refractivity contribution >= 4 is 22.6 Å². The number of amides is 2. The van der Waals surface area contributed by atoms with Crippen molar-refractivity contribution in [3.8, 4) is 0 Å². The van der Waals surface area contributed by atoms with Crippen LogP contribution in [-0.4, -0.2) is 27.1 Å². The average molecular weight is 351 g/mol. The third kappa shape index (κ3) is 4.05. The van der Waals surface area contributed by atoms with Crippen molar-refractivity contribution in [1.82, 2.24) is 20.3 Å². The molecule has 0 fully saturated rings. The molecular formula is C19H21N5O2. The summed E-state index contributed by atoms with van der Waals surface area (Å²) in [5.41, 5.74) is 2.18. The fraction of sp³-hybridized carbons (Fsp3) is 0.263. The minimum absolute atomic E-state index is 0.213. The normalized spacial score (nSPS) is 11.9. The van der Waals surface area contributed by atoms with E-state index in [9.17, 15) is 9.59 Å². The largest absolute Gasteiger partial charge is 0.333 e. The van der Waals surface area contributed by atoms with E-state index in [4.69, 9.17) is 0 Å². The van der Waals surface area contributed by atoms with Crippen molar-refractivity contribution in [3.63, 3.8) is 0 Å². The van der Waals surface area contributed by atoms with E-state index in [1.807, 2.05) is 44.2 Å². The van der Waals surface area contributed by atoms with Gasteiger partial charge < -0.3 is 10.6 Å². The van der Waals surface area contributed by atoms with Gasteiger partial charge in [-0.2, -0.15) is 0 Å². The molecule has 0 saturated heterocycles. The highest BCUT2D eigenvalue weighted by molar-refractivity contribution is 5.89. The van der Waals surface area contributed by atoms with Crippen molar-refractivity contribution in [2.45, 2.75) is 32.9 Å². The molecule has 0 aliphatic heterocycles. The molecule has 0 aliphatic carbocycles. The van der Waals surface area contributed by atoms with Crippen molar-refractivity contribution in [3.05, 3.63) is 64.4 Å². The van der Waals surface area contributed by atoms with Gasteiger partial charge in [-0.3, -0.25) is 4.79 Å². The van der Waals surface area contributed by atoms with Gasteiger partial charge in [0.05, 0.1) is 18.0 Å². The van der Waals surface area contributed by atoms with E-state index in [1.54, 1.807) is 18.2 Å². The van der Waals surface area contributed by atoms with E-state index >= 15 is 0 Å². The van der Waals surface area contributed by atoms with Crippen LogP contribution in [0.25, 0.3) is 10.9 Å². The average Bonchev–Trinajstić information content (AvgIpc) is 2.65. The number of hydrogen-bond donors (Lipinski definition) is 2. The fourth-order valence-corrected chi connectivity index (χ4v) is 2.62. The van der Waals surface area contributed by atoms with E-state index in [-0.39, 0.29) is 24.2 Å². The lowest BCUT2D eigenvalue weighted by atomic mass is 10.2. The number of aromatic nitrogens is 3. The summed E-state index contributed by atoms with van der Waals surface area (Å²) in [6, 6.07) is 14.1. The number of fused-ring (bicyclic) bond motifs is 1. The molecule has 0 spiro atoms. The summed E-state index contributed by atoms with van der Waals surface area (Å²) in [5, 5.41) is 14.2. The zero-order chi connectivity index (χ0) is 18.5. The second-order valence-corrected chi connectivity index (χ2v) is 6.16. The molecule has 134 valence electrons. The standard InChI is InChI=1S/C19H21N5O2/c1-3-14(20-19(26)21-15-10-8-13(2)9-11-15)12-24-18(25)16-6-4-5-7-17(16)22-23-24/h4-11,14H,3,12H2,1-2H3,(H2,20,21,26)/t14-/m0/s1. The Labute approximate surface area is 151 Å². The van der Waals surface area contributed by atoms with Crippen molar-refractivity contribution in [2.24, 2.45) is 0 Å². The van der Waals surface area contributed by atoms with Crippen LogP contribution < -0.4 is 16.2 Å². The molecule has 3 aromatic rings. The number of nitrogens with zero attached hydrogens (tertiary/aromatic N) is 3. The monoisotopic (exact) mass is 351 g/mol. The SMILES string of the molecule is CC[C@@H](Cn1nnc2ccccc2c1=O)NC(=O)Nc1ccc(C)cc1. The predicted octanol–water partition coefficient (Wildman–Crippen LogP) is 2.70. The molecule has 26 heavy (non-hydrogen) atoms. The van der Waals surface area contributed by atoms with Crippen LogP contribution in [0.2, 0.25) is 0 Å². The molecule has 1 atom stereocenters. The van der Waals surface area contributed by atoms with Gasteiger partial charge in [0, 0.05) is 5.69 Å². The number of nitrogens with one attached hydrogen (secondary N) is 2. The summed E-state index contributed by atoms with van der Waals surface area (Å²) in [6.45, 7) is 4.18. The van der Waals surface area contributed by atoms with Crippen LogP contribution in [0, 0.1) is 6.92 Å². The number of anilines is 1. The van der Waals surface area contributed by atoms with Gasteiger partial charge in [0.2, 0.25) is 0 Å². The highest BCUT2D eigenvalue weighted by Gasteiger charge is 2.14. The molecule has 2 N–H and O–H groups in total. The zero-order valence-electron chi connectivity index (χ0n) is 14.8. The van der Waals surface area contributed by atoms with Crippen LogP contribution in [0.1, 0.15) is 18.9 Å². The number of aryl methyl sites for hydroxylation is 1.